The Morgan fingerprint density at radius 1 is 1.33 bits per heavy atom. The van der Waals surface area contributed by atoms with E-state index in [1.807, 2.05) is 23.1 Å². The molecule has 1 fully saturated rings. The van der Waals surface area contributed by atoms with Crippen LogP contribution in [0.3, 0.4) is 0 Å². The predicted molar refractivity (Wildman–Crippen MR) is 47.7 cm³/mol. The van der Waals surface area contributed by atoms with Crippen LogP contribution in [0.5, 0.6) is 0 Å². The van der Waals surface area contributed by atoms with Crippen LogP contribution in [-0.2, 0) is 0 Å². The Labute approximate surface area is 73.0 Å². The van der Waals surface area contributed by atoms with Crippen molar-refractivity contribution >= 4 is 0 Å². The van der Waals surface area contributed by atoms with Crippen molar-refractivity contribution in [2.75, 3.05) is 13.1 Å². The van der Waals surface area contributed by atoms with E-state index >= 15 is 0 Å². The van der Waals surface area contributed by atoms with Gasteiger partial charge in [-0.1, -0.05) is 0 Å². The molecule has 1 atom stereocenters. The number of hydrogen-bond acceptors (Lipinski definition) is 2. The molecule has 0 aromatic carbocycles. The van der Waals surface area contributed by atoms with Crippen LogP contribution < -0.4 is 0 Å². The smallest absolute Gasteiger partial charge is 0.101 e. The number of rotatable bonds is 2. The van der Waals surface area contributed by atoms with E-state index in [0.717, 1.165) is 0 Å². The molecule has 0 bridgehead atoms. The standard InChI is InChI=1S/C9H15N3/c1-9(11-6-2-3-7-11)12-8-4-5-10-12/h4-5,8-9H,2-3,6-7H2,1H3. The minimum atomic E-state index is 0.433. The molecule has 66 valence electrons. The maximum Gasteiger partial charge on any atom is 0.101 e. The lowest BCUT2D eigenvalue weighted by molar-refractivity contribution is 0.179. The topological polar surface area (TPSA) is 21.1 Å². The van der Waals surface area contributed by atoms with Gasteiger partial charge < -0.3 is 0 Å². The van der Waals surface area contributed by atoms with Crippen LogP contribution in [0.15, 0.2) is 18.5 Å². The molecule has 1 aromatic rings. The molecule has 0 spiro atoms. The van der Waals surface area contributed by atoms with Gasteiger partial charge in [0.05, 0.1) is 0 Å². The molecule has 1 aliphatic rings. The molecule has 0 N–H and O–H groups in total. The van der Waals surface area contributed by atoms with Gasteiger partial charge in [0.25, 0.3) is 0 Å². The summed E-state index contributed by atoms with van der Waals surface area (Å²) in [4.78, 5) is 2.47. The summed E-state index contributed by atoms with van der Waals surface area (Å²) in [5, 5.41) is 4.24. The highest BCUT2D eigenvalue weighted by Crippen LogP contribution is 2.17. The Hall–Kier alpha value is -0.830. The van der Waals surface area contributed by atoms with E-state index in [-0.39, 0.29) is 0 Å². The second kappa shape index (κ2) is 3.27. The van der Waals surface area contributed by atoms with E-state index in [1.165, 1.54) is 25.9 Å². The SMILES string of the molecule is CC(N1CCCC1)n1cccn1. The fourth-order valence-corrected chi connectivity index (χ4v) is 1.78. The summed E-state index contributed by atoms with van der Waals surface area (Å²) >= 11 is 0. The zero-order valence-electron chi connectivity index (χ0n) is 7.48. The molecule has 1 aliphatic heterocycles. The van der Waals surface area contributed by atoms with Crippen LogP contribution in [0.1, 0.15) is 25.9 Å². The van der Waals surface area contributed by atoms with Crippen molar-refractivity contribution in [2.45, 2.75) is 25.9 Å². The van der Waals surface area contributed by atoms with Gasteiger partial charge >= 0.3 is 0 Å². The van der Waals surface area contributed by atoms with Crippen LogP contribution in [0.25, 0.3) is 0 Å². The lowest BCUT2D eigenvalue weighted by Gasteiger charge is -2.23. The van der Waals surface area contributed by atoms with Crippen molar-refractivity contribution in [1.29, 1.82) is 0 Å². The minimum absolute atomic E-state index is 0.433. The van der Waals surface area contributed by atoms with Crippen LogP contribution in [0, 0.1) is 0 Å². The molecule has 3 heteroatoms. The molecule has 0 radical (unpaired) electrons. The van der Waals surface area contributed by atoms with E-state index in [1.54, 1.807) is 0 Å². The maximum atomic E-state index is 4.24. The van der Waals surface area contributed by atoms with Crippen molar-refractivity contribution in [3.63, 3.8) is 0 Å². The van der Waals surface area contributed by atoms with Gasteiger partial charge in [-0.15, -0.1) is 0 Å². The zero-order chi connectivity index (χ0) is 8.39. The maximum absolute atomic E-state index is 4.24. The van der Waals surface area contributed by atoms with Crippen LogP contribution in [0.4, 0.5) is 0 Å². The van der Waals surface area contributed by atoms with Gasteiger partial charge in [-0.05, 0) is 25.8 Å². The first-order valence-electron chi connectivity index (χ1n) is 4.61. The molecule has 2 heterocycles. The summed E-state index contributed by atoms with van der Waals surface area (Å²) in [6.45, 7) is 4.65. The second-order valence-corrected chi connectivity index (χ2v) is 3.36. The van der Waals surface area contributed by atoms with Crippen molar-refractivity contribution < 1.29 is 0 Å². The lowest BCUT2D eigenvalue weighted by Crippen LogP contribution is -2.28. The summed E-state index contributed by atoms with van der Waals surface area (Å²) in [5.41, 5.74) is 0. The normalized spacial score (nSPS) is 21.4. The van der Waals surface area contributed by atoms with Crippen molar-refractivity contribution in [1.82, 2.24) is 14.7 Å². The molecule has 0 saturated carbocycles. The van der Waals surface area contributed by atoms with Gasteiger partial charge in [0.15, 0.2) is 0 Å². The summed E-state index contributed by atoms with van der Waals surface area (Å²) in [7, 11) is 0. The van der Waals surface area contributed by atoms with Crippen molar-refractivity contribution in [3.8, 4) is 0 Å². The lowest BCUT2D eigenvalue weighted by atomic mass is 10.4. The highest BCUT2D eigenvalue weighted by Gasteiger charge is 2.18. The first kappa shape index (κ1) is 7.80. The third kappa shape index (κ3) is 1.37. The average molecular weight is 165 g/mol. The van der Waals surface area contributed by atoms with E-state index in [4.69, 9.17) is 0 Å². The predicted octanol–water partition coefficient (Wildman–Crippen LogP) is 1.50. The molecule has 1 saturated heterocycles. The third-order valence-electron chi connectivity index (χ3n) is 2.58. The molecule has 3 nitrogen and oxygen atoms in total. The first-order chi connectivity index (χ1) is 5.88. The van der Waals surface area contributed by atoms with Gasteiger partial charge in [0.2, 0.25) is 0 Å². The van der Waals surface area contributed by atoms with Crippen molar-refractivity contribution in [3.05, 3.63) is 18.5 Å². The Morgan fingerprint density at radius 2 is 2.08 bits per heavy atom. The number of likely N-dealkylation sites (tertiary alicyclic amines) is 1. The Morgan fingerprint density at radius 3 is 2.67 bits per heavy atom. The highest BCUT2D eigenvalue weighted by atomic mass is 15.4. The van der Waals surface area contributed by atoms with Gasteiger partial charge in [-0.2, -0.15) is 5.10 Å². The zero-order valence-corrected chi connectivity index (χ0v) is 7.48. The summed E-state index contributed by atoms with van der Waals surface area (Å²) < 4.78 is 2.02. The van der Waals surface area contributed by atoms with E-state index < -0.39 is 0 Å². The summed E-state index contributed by atoms with van der Waals surface area (Å²) in [6, 6.07) is 1.98. The minimum Gasteiger partial charge on any atom is -0.282 e. The monoisotopic (exact) mass is 165 g/mol. The molecule has 1 unspecified atom stereocenters. The molecule has 0 amide bonds. The highest BCUT2D eigenvalue weighted by molar-refractivity contribution is 4.81. The Kier molecular flexibility index (Phi) is 2.13. The fraction of sp³-hybridized carbons (Fsp3) is 0.667. The van der Waals surface area contributed by atoms with E-state index in [2.05, 4.69) is 16.9 Å². The van der Waals surface area contributed by atoms with Crippen molar-refractivity contribution in [2.24, 2.45) is 0 Å². The molecule has 2 rings (SSSR count). The molecule has 0 aliphatic carbocycles. The number of nitrogens with zero attached hydrogens (tertiary/aromatic N) is 3. The quantitative estimate of drug-likeness (QED) is 0.662. The van der Waals surface area contributed by atoms with E-state index in [0.29, 0.717) is 6.17 Å². The Bertz CT molecular complexity index is 224. The summed E-state index contributed by atoms with van der Waals surface area (Å²) in [6.07, 6.45) is 6.98. The van der Waals surface area contributed by atoms with Crippen LogP contribution >= 0.6 is 0 Å². The first-order valence-corrected chi connectivity index (χ1v) is 4.61. The molecule has 12 heavy (non-hydrogen) atoms. The Balaban J connectivity index is 2.04. The molecule has 1 aromatic heterocycles. The van der Waals surface area contributed by atoms with Gasteiger partial charge in [-0.3, -0.25) is 9.58 Å². The fourth-order valence-electron chi connectivity index (χ4n) is 1.78. The van der Waals surface area contributed by atoms with Crippen LogP contribution in [-0.4, -0.2) is 27.8 Å². The summed E-state index contributed by atoms with van der Waals surface area (Å²) in [5.74, 6) is 0. The average Bonchev–Trinajstić information content (AvgIpc) is 2.77. The van der Waals surface area contributed by atoms with Gasteiger partial charge in [-0.25, -0.2) is 0 Å². The van der Waals surface area contributed by atoms with E-state index in [9.17, 15) is 0 Å². The van der Waals surface area contributed by atoms with Crippen LogP contribution in [0.2, 0.25) is 0 Å². The third-order valence-corrected chi connectivity index (χ3v) is 2.58. The van der Waals surface area contributed by atoms with Gasteiger partial charge in [0.1, 0.15) is 6.17 Å². The van der Waals surface area contributed by atoms with Gasteiger partial charge in [0, 0.05) is 25.5 Å². The number of aromatic nitrogens is 2. The largest absolute Gasteiger partial charge is 0.282 e. The molecular weight excluding hydrogens is 150 g/mol. The molecular formula is C9H15N3. The number of hydrogen-bond donors (Lipinski definition) is 0. The second-order valence-electron chi connectivity index (χ2n) is 3.36.